The fourth-order valence-electron chi connectivity index (χ4n) is 1.77. The van der Waals surface area contributed by atoms with E-state index in [0.717, 1.165) is 6.54 Å². The van der Waals surface area contributed by atoms with Crippen LogP contribution in [0, 0.1) is 5.41 Å². The smallest absolute Gasteiger partial charge is 0.0256 e. The lowest BCUT2D eigenvalue weighted by atomic mass is 9.80. The maximum absolute atomic E-state index is 3.47. The molecule has 0 radical (unpaired) electrons. The number of hydrogen-bond donors (Lipinski definition) is 1. The molecule has 1 rings (SSSR count). The predicted octanol–water partition coefficient (Wildman–Crippen LogP) is 2.34. The van der Waals surface area contributed by atoms with Crippen LogP contribution < -0.4 is 5.32 Å². The first-order valence-electron chi connectivity index (χ1n) is 4.46. The summed E-state index contributed by atoms with van der Waals surface area (Å²) in [7, 11) is 0. The topological polar surface area (TPSA) is 12.0 Å². The van der Waals surface area contributed by atoms with Crippen LogP contribution in [-0.4, -0.2) is 12.6 Å². The molecule has 0 aromatic heterocycles. The van der Waals surface area contributed by atoms with Gasteiger partial charge >= 0.3 is 0 Å². The van der Waals surface area contributed by atoms with Gasteiger partial charge < -0.3 is 5.32 Å². The van der Waals surface area contributed by atoms with Gasteiger partial charge in [0.05, 0.1) is 0 Å². The summed E-state index contributed by atoms with van der Waals surface area (Å²) in [5, 5.41) is 3.47. The summed E-state index contributed by atoms with van der Waals surface area (Å²) in [6.07, 6.45) is 3.58. The van der Waals surface area contributed by atoms with Gasteiger partial charge in [0.15, 0.2) is 0 Å². The predicted molar refractivity (Wildman–Crippen MR) is 49.6 cm³/mol. The van der Waals surface area contributed by atoms with Crippen molar-refractivity contribution in [2.24, 2.45) is 5.41 Å². The van der Waals surface area contributed by atoms with Crippen molar-refractivity contribution in [2.75, 3.05) is 6.54 Å². The minimum Gasteiger partial charge on any atom is -0.310 e. The Kier molecular flexibility index (Phi) is 2.38. The molecule has 1 N–H and O–H groups in total. The summed E-state index contributed by atoms with van der Waals surface area (Å²) >= 11 is 0. The minimum atomic E-state index is 0.340. The van der Waals surface area contributed by atoms with Crippen LogP contribution in [-0.2, 0) is 0 Å². The molecule has 0 spiro atoms. The third-order valence-corrected chi connectivity index (χ3v) is 2.29. The molecule has 0 bridgehead atoms. The Labute approximate surface area is 69.9 Å². The summed E-state index contributed by atoms with van der Waals surface area (Å²) in [5.74, 6) is 0. The fraction of sp³-hybridized carbons (Fsp3) is 0.800. The molecular formula is C10H19N. The van der Waals surface area contributed by atoms with E-state index in [-0.39, 0.29) is 0 Å². The van der Waals surface area contributed by atoms with Crippen LogP contribution in [0.2, 0.25) is 0 Å². The van der Waals surface area contributed by atoms with E-state index in [4.69, 9.17) is 0 Å². The lowest BCUT2D eigenvalue weighted by Crippen LogP contribution is -2.36. The second-order valence-corrected chi connectivity index (χ2v) is 4.37. The molecule has 1 heterocycles. The summed E-state index contributed by atoms with van der Waals surface area (Å²) in [6.45, 7) is 10.2. The Morgan fingerprint density at radius 2 is 2.09 bits per heavy atom. The molecule has 1 unspecified atom stereocenters. The molecule has 0 saturated heterocycles. The number of rotatable bonds is 0. The first-order valence-corrected chi connectivity index (χ1v) is 4.46. The van der Waals surface area contributed by atoms with Crippen molar-refractivity contribution < 1.29 is 0 Å². The van der Waals surface area contributed by atoms with E-state index in [1.807, 2.05) is 0 Å². The van der Waals surface area contributed by atoms with Crippen LogP contribution in [0.1, 0.15) is 34.1 Å². The van der Waals surface area contributed by atoms with Crippen LogP contribution in [0.3, 0.4) is 0 Å². The van der Waals surface area contributed by atoms with Gasteiger partial charge in [0, 0.05) is 6.04 Å². The fourth-order valence-corrected chi connectivity index (χ4v) is 1.77. The molecule has 64 valence electrons. The Balaban J connectivity index is 2.76. The number of nitrogens with one attached hydrogen (secondary N) is 1. The van der Waals surface area contributed by atoms with E-state index in [2.05, 4.69) is 39.1 Å². The Morgan fingerprint density at radius 3 is 2.45 bits per heavy atom. The maximum Gasteiger partial charge on any atom is 0.0256 e. The van der Waals surface area contributed by atoms with E-state index < -0.39 is 0 Å². The van der Waals surface area contributed by atoms with Gasteiger partial charge in [0.25, 0.3) is 0 Å². The summed E-state index contributed by atoms with van der Waals surface area (Å²) in [4.78, 5) is 0. The SMILES string of the molecule is CC1NCCC=C1C(C)(C)C. The highest BCUT2D eigenvalue weighted by molar-refractivity contribution is 5.19. The van der Waals surface area contributed by atoms with E-state index >= 15 is 0 Å². The number of hydrogen-bond acceptors (Lipinski definition) is 1. The van der Waals surface area contributed by atoms with Gasteiger partial charge in [-0.2, -0.15) is 0 Å². The van der Waals surface area contributed by atoms with Crippen LogP contribution >= 0.6 is 0 Å². The molecular weight excluding hydrogens is 134 g/mol. The van der Waals surface area contributed by atoms with Gasteiger partial charge in [0.1, 0.15) is 0 Å². The quantitative estimate of drug-likeness (QED) is 0.527. The zero-order valence-electron chi connectivity index (χ0n) is 8.07. The molecule has 0 fully saturated rings. The molecule has 1 heteroatoms. The van der Waals surface area contributed by atoms with Crippen LogP contribution in [0.25, 0.3) is 0 Å². The van der Waals surface area contributed by atoms with Gasteiger partial charge in [-0.25, -0.2) is 0 Å². The van der Waals surface area contributed by atoms with Crippen molar-refractivity contribution in [1.29, 1.82) is 0 Å². The van der Waals surface area contributed by atoms with E-state index in [0.29, 0.717) is 11.5 Å². The zero-order chi connectivity index (χ0) is 8.48. The van der Waals surface area contributed by atoms with Crippen molar-refractivity contribution in [3.8, 4) is 0 Å². The summed E-state index contributed by atoms with van der Waals surface area (Å²) in [6, 6.07) is 0.573. The van der Waals surface area contributed by atoms with Crippen LogP contribution in [0.15, 0.2) is 11.6 Å². The zero-order valence-corrected chi connectivity index (χ0v) is 8.07. The van der Waals surface area contributed by atoms with Gasteiger partial charge in [-0.3, -0.25) is 0 Å². The van der Waals surface area contributed by atoms with Crippen molar-refractivity contribution in [3.05, 3.63) is 11.6 Å². The first kappa shape index (κ1) is 8.79. The average Bonchev–Trinajstić information content (AvgIpc) is 1.86. The molecule has 11 heavy (non-hydrogen) atoms. The highest BCUT2D eigenvalue weighted by atomic mass is 14.9. The van der Waals surface area contributed by atoms with Gasteiger partial charge in [0.2, 0.25) is 0 Å². The largest absolute Gasteiger partial charge is 0.310 e. The van der Waals surface area contributed by atoms with E-state index in [1.165, 1.54) is 6.42 Å². The molecule has 0 amide bonds. The average molecular weight is 153 g/mol. The minimum absolute atomic E-state index is 0.340. The van der Waals surface area contributed by atoms with Crippen molar-refractivity contribution in [3.63, 3.8) is 0 Å². The highest BCUT2D eigenvalue weighted by Crippen LogP contribution is 2.29. The molecule has 0 aromatic carbocycles. The summed E-state index contributed by atoms with van der Waals surface area (Å²) in [5.41, 5.74) is 1.90. The molecule has 0 aliphatic carbocycles. The van der Waals surface area contributed by atoms with E-state index in [1.54, 1.807) is 5.57 Å². The van der Waals surface area contributed by atoms with Crippen LogP contribution in [0.5, 0.6) is 0 Å². The Hall–Kier alpha value is -0.300. The van der Waals surface area contributed by atoms with Crippen LogP contribution in [0.4, 0.5) is 0 Å². The van der Waals surface area contributed by atoms with Gasteiger partial charge in [-0.05, 0) is 25.3 Å². The third-order valence-electron chi connectivity index (χ3n) is 2.29. The summed E-state index contributed by atoms with van der Waals surface area (Å²) < 4.78 is 0. The molecule has 1 aliphatic heterocycles. The lowest BCUT2D eigenvalue weighted by molar-refractivity contribution is 0.422. The monoisotopic (exact) mass is 153 g/mol. The molecule has 1 aliphatic rings. The second kappa shape index (κ2) is 2.98. The maximum atomic E-state index is 3.47. The Morgan fingerprint density at radius 1 is 1.45 bits per heavy atom. The third kappa shape index (κ3) is 2.06. The van der Waals surface area contributed by atoms with Crippen molar-refractivity contribution in [2.45, 2.75) is 40.2 Å². The highest BCUT2D eigenvalue weighted by Gasteiger charge is 2.23. The van der Waals surface area contributed by atoms with E-state index in [9.17, 15) is 0 Å². The van der Waals surface area contributed by atoms with Crippen molar-refractivity contribution in [1.82, 2.24) is 5.32 Å². The lowest BCUT2D eigenvalue weighted by Gasteiger charge is -2.32. The Bertz CT molecular complexity index is 162. The normalized spacial score (nSPS) is 26.5. The molecule has 0 aromatic rings. The molecule has 1 nitrogen and oxygen atoms in total. The van der Waals surface area contributed by atoms with Gasteiger partial charge in [-0.15, -0.1) is 0 Å². The first-order chi connectivity index (χ1) is 5.02. The molecule has 0 saturated carbocycles. The second-order valence-electron chi connectivity index (χ2n) is 4.37. The van der Waals surface area contributed by atoms with Crippen molar-refractivity contribution >= 4 is 0 Å². The standard InChI is InChI=1S/C10H19N/c1-8-9(10(2,3)4)6-5-7-11-8/h6,8,11H,5,7H2,1-4H3. The molecule has 1 atom stereocenters. The van der Waals surface area contributed by atoms with Gasteiger partial charge in [-0.1, -0.05) is 32.4 Å².